The average molecular weight is 336 g/mol. The highest BCUT2D eigenvalue weighted by Crippen LogP contribution is 2.12. The number of fused-ring (bicyclic) bond motifs is 2. The van der Waals surface area contributed by atoms with Crippen molar-refractivity contribution in [1.82, 2.24) is 19.9 Å². The van der Waals surface area contributed by atoms with Gasteiger partial charge >= 0.3 is 0 Å². The highest BCUT2D eigenvalue weighted by molar-refractivity contribution is 5.80. The summed E-state index contributed by atoms with van der Waals surface area (Å²) in [6.45, 7) is 12.0. The SMILES string of the molecule is CC.CC.Cc1cccc2cncnc12.Cc1nc2ccccc2[nH]1. The normalized spacial score (nSPS) is 9.20. The van der Waals surface area contributed by atoms with E-state index in [-0.39, 0.29) is 0 Å². The smallest absolute Gasteiger partial charge is 0.116 e. The number of hydrogen-bond donors (Lipinski definition) is 1. The predicted octanol–water partition coefficient (Wildman–Crippen LogP) is 5.86. The second-order valence-corrected chi connectivity index (χ2v) is 4.87. The Morgan fingerprint density at radius 3 is 2.24 bits per heavy atom. The van der Waals surface area contributed by atoms with Gasteiger partial charge in [-0.05, 0) is 31.5 Å². The van der Waals surface area contributed by atoms with Gasteiger partial charge in [-0.15, -0.1) is 0 Å². The molecule has 0 spiro atoms. The molecule has 0 saturated carbocycles. The van der Waals surface area contributed by atoms with Crippen molar-refractivity contribution in [2.45, 2.75) is 41.5 Å². The first kappa shape index (κ1) is 20.3. The van der Waals surface area contributed by atoms with Crippen LogP contribution >= 0.6 is 0 Å². The van der Waals surface area contributed by atoms with Crippen LogP contribution in [-0.2, 0) is 0 Å². The maximum absolute atomic E-state index is 4.26. The Kier molecular flexibility index (Phi) is 8.86. The molecular formula is C21H28N4. The molecule has 1 N–H and O–H groups in total. The monoisotopic (exact) mass is 336 g/mol. The maximum Gasteiger partial charge on any atom is 0.116 e. The Morgan fingerprint density at radius 2 is 1.56 bits per heavy atom. The summed E-state index contributed by atoms with van der Waals surface area (Å²) in [6, 6.07) is 14.1. The lowest BCUT2D eigenvalue weighted by atomic mass is 10.2. The van der Waals surface area contributed by atoms with E-state index in [9.17, 15) is 0 Å². The molecule has 0 aliphatic heterocycles. The summed E-state index contributed by atoms with van der Waals surface area (Å²) < 4.78 is 0. The van der Waals surface area contributed by atoms with E-state index in [1.54, 1.807) is 6.33 Å². The van der Waals surface area contributed by atoms with Gasteiger partial charge in [0.1, 0.15) is 12.2 Å². The highest BCUT2D eigenvalue weighted by atomic mass is 14.9. The number of H-pyrrole nitrogens is 1. The third-order valence-electron chi connectivity index (χ3n) is 3.24. The second-order valence-electron chi connectivity index (χ2n) is 4.87. The molecule has 132 valence electrons. The molecule has 25 heavy (non-hydrogen) atoms. The van der Waals surface area contributed by atoms with Crippen LogP contribution in [0.2, 0.25) is 0 Å². The molecule has 0 atom stereocenters. The molecule has 2 aromatic carbocycles. The Hall–Kier alpha value is -2.75. The van der Waals surface area contributed by atoms with E-state index < -0.39 is 0 Å². The largest absolute Gasteiger partial charge is 0.342 e. The number of aryl methyl sites for hydroxylation is 2. The lowest BCUT2D eigenvalue weighted by molar-refractivity contribution is 1.17. The number of nitrogens with one attached hydrogen (secondary N) is 1. The van der Waals surface area contributed by atoms with Gasteiger partial charge in [-0.25, -0.2) is 15.0 Å². The molecule has 0 bridgehead atoms. The molecule has 4 rings (SSSR count). The van der Waals surface area contributed by atoms with Crippen LogP contribution in [-0.4, -0.2) is 19.9 Å². The van der Waals surface area contributed by atoms with E-state index >= 15 is 0 Å². The molecule has 0 amide bonds. The summed E-state index contributed by atoms with van der Waals surface area (Å²) in [7, 11) is 0. The maximum atomic E-state index is 4.26. The van der Waals surface area contributed by atoms with Gasteiger partial charge in [0.15, 0.2) is 0 Å². The molecule has 0 saturated heterocycles. The molecule has 0 unspecified atom stereocenters. The molecule has 2 heterocycles. The number of aromatic amines is 1. The lowest BCUT2D eigenvalue weighted by Gasteiger charge is -1.97. The quantitative estimate of drug-likeness (QED) is 0.437. The van der Waals surface area contributed by atoms with Crippen molar-refractivity contribution in [1.29, 1.82) is 0 Å². The molecule has 2 aromatic heterocycles. The third-order valence-corrected chi connectivity index (χ3v) is 3.24. The van der Waals surface area contributed by atoms with Gasteiger partial charge in [-0.3, -0.25) is 0 Å². The van der Waals surface area contributed by atoms with Crippen LogP contribution in [0.3, 0.4) is 0 Å². The van der Waals surface area contributed by atoms with Gasteiger partial charge in [0, 0.05) is 11.6 Å². The topological polar surface area (TPSA) is 54.5 Å². The van der Waals surface area contributed by atoms with Gasteiger partial charge in [-0.2, -0.15) is 0 Å². The zero-order chi connectivity index (χ0) is 18.7. The van der Waals surface area contributed by atoms with Gasteiger partial charge in [0.2, 0.25) is 0 Å². The molecule has 4 aromatic rings. The van der Waals surface area contributed by atoms with Crippen LogP contribution in [0.25, 0.3) is 21.9 Å². The third kappa shape index (κ3) is 5.68. The molecule has 0 radical (unpaired) electrons. The number of benzene rings is 2. The van der Waals surface area contributed by atoms with Gasteiger partial charge < -0.3 is 4.98 Å². The van der Waals surface area contributed by atoms with Crippen molar-refractivity contribution < 1.29 is 0 Å². The van der Waals surface area contributed by atoms with Crippen molar-refractivity contribution in [3.8, 4) is 0 Å². The standard InChI is InChI=1S/C9H8N2.C8H8N2.2C2H6/c1-7-3-2-4-8-5-10-6-11-9(7)8;1-6-9-7-4-2-3-5-8(7)10-6;2*1-2/h2-6H,1H3;2-5H,1H3,(H,9,10);2*1-2H3. The predicted molar refractivity (Wildman–Crippen MR) is 108 cm³/mol. The van der Waals surface area contributed by atoms with Crippen LogP contribution in [0.4, 0.5) is 0 Å². The van der Waals surface area contributed by atoms with Crippen molar-refractivity contribution in [2.75, 3.05) is 0 Å². The highest BCUT2D eigenvalue weighted by Gasteiger charge is 1.95. The Bertz CT molecular complexity index is 843. The molecule has 4 heteroatoms. The van der Waals surface area contributed by atoms with Crippen LogP contribution in [0, 0.1) is 13.8 Å². The summed E-state index contributed by atoms with van der Waals surface area (Å²) >= 11 is 0. The molecule has 4 nitrogen and oxygen atoms in total. The number of para-hydroxylation sites is 3. The molecular weight excluding hydrogens is 308 g/mol. The van der Waals surface area contributed by atoms with Crippen LogP contribution in [0.5, 0.6) is 0 Å². The minimum Gasteiger partial charge on any atom is -0.342 e. The molecule has 0 aliphatic carbocycles. The first-order valence-electron chi connectivity index (χ1n) is 8.81. The van der Waals surface area contributed by atoms with E-state index in [1.807, 2.05) is 77.2 Å². The van der Waals surface area contributed by atoms with E-state index in [0.717, 1.165) is 27.8 Å². The summed E-state index contributed by atoms with van der Waals surface area (Å²) in [4.78, 5) is 15.5. The number of imidazole rings is 1. The van der Waals surface area contributed by atoms with Crippen LogP contribution in [0.1, 0.15) is 39.1 Å². The minimum atomic E-state index is 0.973. The number of rotatable bonds is 0. The lowest BCUT2D eigenvalue weighted by Crippen LogP contribution is -1.83. The summed E-state index contributed by atoms with van der Waals surface area (Å²) in [5.74, 6) is 0.973. The second kappa shape index (κ2) is 10.9. The van der Waals surface area contributed by atoms with Gasteiger partial charge in [0.25, 0.3) is 0 Å². The average Bonchev–Trinajstić information content (AvgIpc) is 3.06. The zero-order valence-corrected chi connectivity index (χ0v) is 16.0. The van der Waals surface area contributed by atoms with E-state index in [4.69, 9.17) is 0 Å². The Morgan fingerprint density at radius 1 is 0.840 bits per heavy atom. The number of nitrogens with zero attached hydrogens (tertiary/aromatic N) is 3. The minimum absolute atomic E-state index is 0.973. The van der Waals surface area contributed by atoms with E-state index in [1.165, 1.54) is 5.56 Å². The summed E-state index contributed by atoms with van der Waals surface area (Å²) in [5, 5.41) is 1.10. The number of aromatic nitrogens is 4. The van der Waals surface area contributed by atoms with E-state index in [2.05, 4.69) is 32.9 Å². The fraction of sp³-hybridized carbons (Fsp3) is 0.286. The first-order valence-corrected chi connectivity index (χ1v) is 8.81. The van der Waals surface area contributed by atoms with Gasteiger partial charge in [0.05, 0.1) is 16.6 Å². The fourth-order valence-corrected chi connectivity index (χ4v) is 2.25. The molecule has 0 fully saturated rings. The van der Waals surface area contributed by atoms with Crippen LogP contribution < -0.4 is 0 Å². The Labute approximate surface area is 150 Å². The Balaban J connectivity index is 0.000000210. The number of hydrogen-bond acceptors (Lipinski definition) is 3. The van der Waals surface area contributed by atoms with Crippen molar-refractivity contribution in [2.24, 2.45) is 0 Å². The molecule has 0 aliphatic rings. The first-order chi connectivity index (χ1) is 12.2. The summed E-state index contributed by atoms with van der Waals surface area (Å²) in [6.07, 6.45) is 3.41. The van der Waals surface area contributed by atoms with Gasteiger partial charge in [-0.1, -0.05) is 58.0 Å². The van der Waals surface area contributed by atoms with Crippen LogP contribution in [0.15, 0.2) is 55.0 Å². The van der Waals surface area contributed by atoms with E-state index in [0.29, 0.717) is 0 Å². The van der Waals surface area contributed by atoms with Crippen molar-refractivity contribution in [3.63, 3.8) is 0 Å². The fourth-order valence-electron chi connectivity index (χ4n) is 2.25. The summed E-state index contributed by atoms with van der Waals surface area (Å²) in [5.41, 5.74) is 4.40. The van der Waals surface area contributed by atoms with Crippen molar-refractivity contribution in [3.05, 3.63) is 66.4 Å². The van der Waals surface area contributed by atoms with Crippen molar-refractivity contribution >= 4 is 21.9 Å². The zero-order valence-electron chi connectivity index (χ0n) is 16.0.